The maximum atomic E-state index is 4.53. The third-order valence-electron chi connectivity index (χ3n) is 4.00. The lowest BCUT2D eigenvalue weighted by atomic mass is 9.98. The summed E-state index contributed by atoms with van der Waals surface area (Å²) in [5, 5.41) is 8.15. The zero-order chi connectivity index (χ0) is 15.4. The Morgan fingerprint density at radius 1 is 1.19 bits per heavy atom. The van der Waals surface area contributed by atoms with Crippen molar-refractivity contribution >= 4 is 22.6 Å². The number of nitrogens with zero attached hydrogens (tertiary/aromatic N) is 2. The first kappa shape index (κ1) is 16.5. The highest BCUT2D eigenvalue weighted by Gasteiger charge is 2.16. The molecule has 0 spiro atoms. The molecule has 1 unspecified atom stereocenters. The van der Waals surface area contributed by atoms with Crippen LogP contribution in [0.25, 0.3) is 0 Å². The van der Waals surface area contributed by atoms with E-state index < -0.39 is 0 Å². The first-order chi connectivity index (χ1) is 10.0. The van der Waals surface area contributed by atoms with Crippen LogP contribution in [0.4, 0.5) is 0 Å². The molecule has 4 heteroatoms. The van der Waals surface area contributed by atoms with Crippen molar-refractivity contribution in [2.45, 2.75) is 39.7 Å². The molecule has 0 saturated carbocycles. The fourth-order valence-corrected chi connectivity index (χ4v) is 3.13. The summed E-state index contributed by atoms with van der Waals surface area (Å²) in [5.41, 5.74) is 5.20. The molecular weight excluding hydrogens is 373 g/mol. The van der Waals surface area contributed by atoms with Crippen LogP contribution < -0.4 is 5.32 Å². The molecule has 1 aromatic heterocycles. The van der Waals surface area contributed by atoms with Crippen molar-refractivity contribution < 1.29 is 0 Å². The molecule has 3 nitrogen and oxygen atoms in total. The van der Waals surface area contributed by atoms with E-state index in [4.69, 9.17) is 0 Å². The Balaban J connectivity index is 2.13. The first-order valence-corrected chi connectivity index (χ1v) is 8.56. The molecule has 2 rings (SSSR count). The van der Waals surface area contributed by atoms with Crippen molar-refractivity contribution in [3.63, 3.8) is 0 Å². The molecule has 0 fully saturated rings. The average Bonchev–Trinajstić information content (AvgIpc) is 2.68. The Hall–Kier alpha value is -0.880. The van der Waals surface area contributed by atoms with E-state index in [1.54, 1.807) is 0 Å². The van der Waals surface area contributed by atoms with E-state index in [9.17, 15) is 0 Å². The second kappa shape index (κ2) is 7.40. The van der Waals surface area contributed by atoms with Gasteiger partial charge in [-0.05, 0) is 79.1 Å². The van der Waals surface area contributed by atoms with Crippen LogP contribution in [0.15, 0.2) is 24.3 Å². The number of likely N-dealkylation sites (N-methyl/N-ethyl adjacent to an activating group) is 1. The third kappa shape index (κ3) is 4.30. The highest BCUT2D eigenvalue weighted by molar-refractivity contribution is 14.1. The molecule has 0 amide bonds. The summed E-state index contributed by atoms with van der Waals surface area (Å²) in [4.78, 5) is 0. The predicted octanol–water partition coefficient (Wildman–Crippen LogP) is 3.40. The molecule has 2 aromatic rings. The predicted molar refractivity (Wildman–Crippen MR) is 96.7 cm³/mol. The van der Waals surface area contributed by atoms with Crippen LogP contribution in [-0.4, -0.2) is 22.4 Å². The normalized spacial score (nSPS) is 12.6. The quantitative estimate of drug-likeness (QED) is 0.758. The maximum absolute atomic E-state index is 4.53. The molecular formula is C17H24IN3. The Bertz CT molecular complexity index is 587. The Morgan fingerprint density at radius 3 is 2.38 bits per heavy atom. The van der Waals surface area contributed by atoms with E-state index in [-0.39, 0.29) is 0 Å². The minimum Gasteiger partial charge on any atom is -0.314 e. The van der Waals surface area contributed by atoms with Crippen LogP contribution in [0, 0.1) is 17.4 Å². The van der Waals surface area contributed by atoms with Crippen LogP contribution in [0.2, 0.25) is 0 Å². The monoisotopic (exact) mass is 397 g/mol. The topological polar surface area (TPSA) is 29.9 Å². The second-order valence-corrected chi connectivity index (χ2v) is 6.81. The number of aromatic nitrogens is 2. The van der Waals surface area contributed by atoms with Crippen molar-refractivity contribution in [2.75, 3.05) is 6.54 Å². The van der Waals surface area contributed by atoms with E-state index in [0.717, 1.165) is 25.1 Å². The number of halogens is 1. The van der Waals surface area contributed by atoms with Gasteiger partial charge in [-0.25, -0.2) is 0 Å². The molecule has 0 aliphatic rings. The standard InChI is InChI=1S/C17H24IN3/c1-5-19-16(10-14-6-8-15(18)9-7-14)11-17-12(2)20-21(4)13(17)3/h6-9,16,19H,5,10-11H2,1-4H3. The van der Waals surface area contributed by atoms with Crippen molar-refractivity contribution in [1.29, 1.82) is 0 Å². The fraction of sp³-hybridized carbons (Fsp3) is 0.471. The van der Waals surface area contributed by atoms with Crippen LogP contribution in [0.1, 0.15) is 29.4 Å². The van der Waals surface area contributed by atoms with Gasteiger partial charge in [-0.15, -0.1) is 0 Å². The largest absolute Gasteiger partial charge is 0.314 e. The molecule has 1 aromatic carbocycles. The van der Waals surface area contributed by atoms with Gasteiger partial charge < -0.3 is 5.32 Å². The summed E-state index contributed by atoms with van der Waals surface area (Å²) >= 11 is 2.35. The zero-order valence-electron chi connectivity index (χ0n) is 13.3. The minimum atomic E-state index is 0.455. The number of hydrogen-bond donors (Lipinski definition) is 1. The van der Waals surface area contributed by atoms with Gasteiger partial charge in [0.1, 0.15) is 0 Å². The van der Waals surface area contributed by atoms with E-state index in [1.165, 1.54) is 20.4 Å². The zero-order valence-corrected chi connectivity index (χ0v) is 15.4. The van der Waals surface area contributed by atoms with Gasteiger partial charge in [-0.2, -0.15) is 5.10 Å². The molecule has 0 radical (unpaired) electrons. The van der Waals surface area contributed by atoms with Crippen molar-refractivity contribution in [1.82, 2.24) is 15.1 Å². The Labute approximate surface area is 141 Å². The number of rotatable bonds is 6. The molecule has 1 heterocycles. The van der Waals surface area contributed by atoms with E-state index in [1.807, 2.05) is 11.7 Å². The number of aryl methyl sites for hydroxylation is 2. The maximum Gasteiger partial charge on any atom is 0.0628 e. The molecule has 1 atom stereocenters. The lowest BCUT2D eigenvalue weighted by Crippen LogP contribution is -2.33. The number of nitrogens with one attached hydrogen (secondary N) is 1. The lowest BCUT2D eigenvalue weighted by molar-refractivity contribution is 0.519. The van der Waals surface area contributed by atoms with Crippen molar-refractivity contribution in [2.24, 2.45) is 7.05 Å². The highest BCUT2D eigenvalue weighted by atomic mass is 127. The number of hydrogen-bond acceptors (Lipinski definition) is 2. The van der Waals surface area contributed by atoms with Gasteiger partial charge in [0.2, 0.25) is 0 Å². The fourth-order valence-electron chi connectivity index (χ4n) is 2.77. The molecule has 21 heavy (non-hydrogen) atoms. The molecule has 0 bridgehead atoms. The van der Waals surface area contributed by atoms with Gasteiger partial charge in [0.25, 0.3) is 0 Å². The van der Waals surface area contributed by atoms with Gasteiger partial charge in [0.05, 0.1) is 5.69 Å². The Kier molecular flexibility index (Phi) is 5.81. The highest BCUT2D eigenvalue weighted by Crippen LogP contribution is 2.17. The third-order valence-corrected chi connectivity index (χ3v) is 4.72. The molecule has 114 valence electrons. The molecule has 0 aliphatic heterocycles. The van der Waals surface area contributed by atoms with Gasteiger partial charge in [0.15, 0.2) is 0 Å². The SMILES string of the molecule is CCNC(Cc1ccc(I)cc1)Cc1c(C)nn(C)c1C. The van der Waals surface area contributed by atoms with E-state index in [0.29, 0.717) is 6.04 Å². The molecule has 0 saturated heterocycles. The van der Waals surface area contributed by atoms with Crippen LogP contribution in [0.3, 0.4) is 0 Å². The molecule has 1 N–H and O–H groups in total. The van der Waals surface area contributed by atoms with Gasteiger partial charge >= 0.3 is 0 Å². The minimum absolute atomic E-state index is 0.455. The molecule has 0 aliphatic carbocycles. The van der Waals surface area contributed by atoms with E-state index >= 15 is 0 Å². The Morgan fingerprint density at radius 2 is 1.86 bits per heavy atom. The van der Waals surface area contributed by atoms with E-state index in [2.05, 4.69) is 78.0 Å². The summed E-state index contributed by atoms with van der Waals surface area (Å²) in [6.45, 7) is 7.43. The van der Waals surface area contributed by atoms with Gasteiger partial charge in [0, 0.05) is 22.4 Å². The van der Waals surface area contributed by atoms with Crippen LogP contribution in [0.5, 0.6) is 0 Å². The van der Waals surface area contributed by atoms with Crippen molar-refractivity contribution in [3.8, 4) is 0 Å². The van der Waals surface area contributed by atoms with Gasteiger partial charge in [-0.1, -0.05) is 19.1 Å². The summed E-state index contributed by atoms with van der Waals surface area (Å²) in [7, 11) is 2.02. The van der Waals surface area contributed by atoms with Crippen LogP contribution >= 0.6 is 22.6 Å². The van der Waals surface area contributed by atoms with Crippen LogP contribution in [-0.2, 0) is 19.9 Å². The smallest absolute Gasteiger partial charge is 0.0628 e. The van der Waals surface area contributed by atoms with Gasteiger partial charge in [-0.3, -0.25) is 4.68 Å². The summed E-state index contributed by atoms with van der Waals surface area (Å²) in [5.74, 6) is 0. The number of benzene rings is 1. The van der Waals surface area contributed by atoms with Crippen molar-refractivity contribution in [3.05, 3.63) is 50.4 Å². The second-order valence-electron chi connectivity index (χ2n) is 5.56. The lowest BCUT2D eigenvalue weighted by Gasteiger charge is -2.18. The average molecular weight is 397 g/mol. The summed E-state index contributed by atoms with van der Waals surface area (Å²) in [6.07, 6.45) is 2.09. The summed E-state index contributed by atoms with van der Waals surface area (Å²) in [6, 6.07) is 9.28. The first-order valence-electron chi connectivity index (χ1n) is 7.48. The summed E-state index contributed by atoms with van der Waals surface area (Å²) < 4.78 is 3.27.